The molecule has 0 fully saturated rings. The summed E-state index contributed by atoms with van der Waals surface area (Å²) in [5, 5.41) is 13.2. The molecule has 0 amide bonds. The van der Waals surface area contributed by atoms with Crippen molar-refractivity contribution in [2.75, 3.05) is 13.1 Å². The number of aliphatic hydroxyl groups is 1. The van der Waals surface area contributed by atoms with Crippen LogP contribution in [0.15, 0.2) is 18.2 Å². The van der Waals surface area contributed by atoms with E-state index in [1.54, 1.807) is 0 Å². The minimum atomic E-state index is -0.961. The molecule has 0 aliphatic carbocycles. The van der Waals surface area contributed by atoms with E-state index in [-0.39, 0.29) is 17.5 Å². The summed E-state index contributed by atoms with van der Waals surface area (Å²) in [5.74, 6) is -1.33. The van der Waals surface area contributed by atoms with Gasteiger partial charge in [0.2, 0.25) is 0 Å². The van der Waals surface area contributed by atoms with E-state index in [1.807, 2.05) is 0 Å². The first-order valence-electron chi connectivity index (χ1n) is 7.69. The van der Waals surface area contributed by atoms with Gasteiger partial charge in [-0.05, 0) is 17.9 Å². The fourth-order valence-corrected chi connectivity index (χ4v) is 2.37. The predicted octanol–water partition coefficient (Wildman–Crippen LogP) is 4.19. The summed E-state index contributed by atoms with van der Waals surface area (Å²) in [6, 6.07) is 3.26. The van der Waals surface area contributed by atoms with Crippen molar-refractivity contribution >= 4 is 0 Å². The first kappa shape index (κ1) is 18.1. The van der Waals surface area contributed by atoms with Crippen LogP contribution >= 0.6 is 0 Å². The number of nitrogens with one attached hydrogen (secondary N) is 1. The quantitative estimate of drug-likeness (QED) is 0.670. The van der Waals surface area contributed by atoms with E-state index >= 15 is 0 Å². The normalized spacial score (nSPS) is 13.4. The summed E-state index contributed by atoms with van der Waals surface area (Å²) in [7, 11) is 0. The lowest BCUT2D eigenvalue weighted by Gasteiger charge is -2.26. The molecular formula is C17H27F2NO. The zero-order valence-electron chi connectivity index (χ0n) is 13.3. The first-order valence-corrected chi connectivity index (χ1v) is 7.69. The zero-order valence-corrected chi connectivity index (χ0v) is 13.3. The van der Waals surface area contributed by atoms with Crippen molar-refractivity contribution in [3.05, 3.63) is 35.4 Å². The SMILES string of the molecule is CCCCCC(C)(C)CNCC(O)c1ccc(F)cc1F. The molecular weight excluding hydrogens is 272 g/mol. The molecule has 1 rings (SSSR count). The van der Waals surface area contributed by atoms with Gasteiger partial charge in [-0.3, -0.25) is 0 Å². The Kier molecular flexibility index (Phi) is 7.26. The Bertz CT molecular complexity index is 435. The maximum atomic E-state index is 13.5. The molecule has 1 aromatic rings. The number of aliphatic hydroxyl groups excluding tert-OH is 1. The number of hydrogen-bond acceptors (Lipinski definition) is 2. The van der Waals surface area contributed by atoms with Crippen LogP contribution in [0.1, 0.15) is 58.1 Å². The van der Waals surface area contributed by atoms with Gasteiger partial charge >= 0.3 is 0 Å². The van der Waals surface area contributed by atoms with Crippen LogP contribution < -0.4 is 5.32 Å². The molecule has 0 heterocycles. The molecule has 0 aliphatic heterocycles. The highest BCUT2D eigenvalue weighted by atomic mass is 19.1. The van der Waals surface area contributed by atoms with Crippen LogP contribution in [0.4, 0.5) is 8.78 Å². The topological polar surface area (TPSA) is 32.3 Å². The third-order valence-electron chi connectivity index (χ3n) is 3.72. The van der Waals surface area contributed by atoms with E-state index in [4.69, 9.17) is 0 Å². The van der Waals surface area contributed by atoms with E-state index in [0.29, 0.717) is 0 Å². The minimum absolute atomic E-state index is 0.132. The van der Waals surface area contributed by atoms with Gasteiger partial charge in [-0.2, -0.15) is 0 Å². The second-order valence-corrected chi connectivity index (χ2v) is 6.43. The highest BCUT2D eigenvalue weighted by Gasteiger charge is 2.18. The van der Waals surface area contributed by atoms with Gasteiger partial charge < -0.3 is 10.4 Å². The van der Waals surface area contributed by atoms with E-state index in [1.165, 1.54) is 25.3 Å². The summed E-state index contributed by atoms with van der Waals surface area (Å²) in [4.78, 5) is 0. The van der Waals surface area contributed by atoms with Crippen LogP contribution in [0, 0.1) is 17.0 Å². The van der Waals surface area contributed by atoms with Crippen molar-refractivity contribution in [3.8, 4) is 0 Å². The summed E-state index contributed by atoms with van der Waals surface area (Å²) in [6.07, 6.45) is 3.78. The number of unbranched alkanes of at least 4 members (excludes halogenated alkanes) is 2. The molecule has 0 spiro atoms. The largest absolute Gasteiger partial charge is 0.387 e. The molecule has 1 aromatic carbocycles. The van der Waals surface area contributed by atoms with Crippen molar-refractivity contribution in [1.29, 1.82) is 0 Å². The summed E-state index contributed by atoms with van der Waals surface area (Å²) in [6.45, 7) is 7.57. The molecule has 120 valence electrons. The first-order chi connectivity index (χ1) is 9.85. The van der Waals surface area contributed by atoms with Crippen LogP contribution in [0.3, 0.4) is 0 Å². The lowest BCUT2D eigenvalue weighted by molar-refractivity contribution is 0.162. The van der Waals surface area contributed by atoms with Crippen molar-refractivity contribution in [2.45, 2.75) is 52.6 Å². The maximum Gasteiger partial charge on any atom is 0.131 e. The number of benzene rings is 1. The van der Waals surface area contributed by atoms with Gasteiger partial charge in [-0.25, -0.2) is 8.78 Å². The Hall–Kier alpha value is -1.00. The molecule has 0 aromatic heterocycles. The van der Waals surface area contributed by atoms with Crippen molar-refractivity contribution in [1.82, 2.24) is 5.32 Å². The zero-order chi connectivity index (χ0) is 15.9. The highest BCUT2D eigenvalue weighted by molar-refractivity contribution is 5.21. The Labute approximate surface area is 126 Å². The minimum Gasteiger partial charge on any atom is -0.387 e. The Morgan fingerprint density at radius 1 is 1.24 bits per heavy atom. The van der Waals surface area contributed by atoms with Crippen molar-refractivity contribution in [2.24, 2.45) is 5.41 Å². The Morgan fingerprint density at radius 2 is 1.95 bits per heavy atom. The molecule has 0 bridgehead atoms. The van der Waals surface area contributed by atoms with Crippen LogP contribution in [-0.4, -0.2) is 18.2 Å². The lowest BCUT2D eigenvalue weighted by Crippen LogP contribution is -2.32. The average Bonchev–Trinajstić information content (AvgIpc) is 2.38. The summed E-state index contributed by atoms with van der Waals surface area (Å²) < 4.78 is 26.4. The molecule has 0 aliphatic rings. The molecule has 2 N–H and O–H groups in total. The maximum absolute atomic E-state index is 13.5. The second kappa shape index (κ2) is 8.44. The molecule has 1 unspecified atom stereocenters. The average molecular weight is 299 g/mol. The number of halogens is 2. The number of hydrogen-bond donors (Lipinski definition) is 2. The van der Waals surface area contributed by atoms with E-state index in [0.717, 1.165) is 25.1 Å². The van der Waals surface area contributed by atoms with E-state index in [9.17, 15) is 13.9 Å². The van der Waals surface area contributed by atoms with Crippen LogP contribution in [0.25, 0.3) is 0 Å². The molecule has 4 heteroatoms. The fraction of sp³-hybridized carbons (Fsp3) is 0.647. The monoisotopic (exact) mass is 299 g/mol. The smallest absolute Gasteiger partial charge is 0.131 e. The van der Waals surface area contributed by atoms with E-state index in [2.05, 4.69) is 26.1 Å². The predicted molar refractivity (Wildman–Crippen MR) is 82.1 cm³/mol. The number of rotatable bonds is 9. The summed E-state index contributed by atoms with van der Waals surface area (Å²) >= 11 is 0. The molecule has 21 heavy (non-hydrogen) atoms. The van der Waals surface area contributed by atoms with Crippen molar-refractivity contribution < 1.29 is 13.9 Å². The third-order valence-corrected chi connectivity index (χ3v) is 3.72. The molecule has 1 atom stereocenters. The van der Waals surface area contributed by atoms with Crippen LogP contribution in [0.2, 0.25) is 0 Å². The van der Waals surface area contributed by atoms with Gasteiger partial charge in [0, 0.05) is 24.7 Å². The molecule has 0 saturated heterocycles. The van der Waals surface area contributed by atoms with Gasteiger partial charge in [0.1, 0.15) is 11.6 Å². The molecule has 2 nitrogen and oxygen atoms in total. The standard InChI is InChI=1S/C17H27F2NO/c1-4-5-6-9-17(2,3)12-20-11-16(21)14-8-7-13(18)10-15(14)19/h7-8,10,16,20-21H,4-6,9,11-12H2,1-3H3. The van der Waals surface area contributed by atoms with E-state index < -0.39 is 17.7 Å². The van der Waals surface area contributed by atoms with Crippen LogP contribution in [-0.2, 0) is 0 Å². The Balaban J connectivity index is 2.40. The Morgan fingerprint density at radius 3 is 2.57 bits per heavy atom. The van der Waals surface area contributed by atoms with Crippen LogP contribution in [0.5, 0.6) is 0 Å². The van der Waals surface area contributed by atoms with Gasteiger partial charge in [-0.1, -0.05) is 46.1 Å². The van der Waals surface area contributed by atoms with Gasteiger partial charge in [-0.15, -0.1) is 0 Å². The fourth-order valence-electron chi connectivity index (χ4n) is 2.37. The van der Waals surface area contributed by atoms with Gasteiger partial charge in [0.15, 0.2) is 0 Å². The lowest BCUT2D eigenvalue weighted by atomic mass is 9.87. The van der Waals surface area contributed by atoms with Gasteiger partial charge in [0.25, 0.3) is 0 Å². The second-order valence-electron chi connectivity index (χ2n) is 6.43. The van der Waals surface area contributed by atoms with Crippen molar-refractivity contribution in [3.63, 3.8) is 0 Å². The summed E-state index contributed by atoms with van der Waals surface area (Å²) in [5.41, 5.74) is 0.281. The molecule has 0 saturated carbocycles. The molecule has 0 radical (unpaired) electrons. The third kappa shape index (κ3) is 6.53. The van der Waals surface area contributed by atoms with Gasteiger partial charge in [0.05, 0.1) is 6.10 Å². The highest BCUT2D eigenvalue weighted by Crippen LogP contribution is 2.23.